The third-order valence-electron chi connectivity index (χ3n) is 4.48. The van der Waals surface area contributed by atoms with Gasteiger partial charge in [0.1, 0.15) is 12.7 Å². The van der Waals surface area contributed by atoms with Crippen LogP contribution in [0.15, 0.2) is 42.5 Å². The third kappa shape index (κ3) is 5.21. The summed E-state index contributed by atoms with van der Waals surface area (Å²) < 4.78 is 5.09. The number of hydrogen-bond donors (Lipinski definition) is 4. The lowest BCUT2D eigenvalue weighted by molar-refractivity contribution is 0.0132. The molecule has 0 fully saturated rings. The predicted molar refractivity (Wildman–Crippen MR) is 101 cm³/mol. The zero-order valence-electron chi connectivity index (χ0n) is 15.1. The fourth-order valence-corrected chi connectivity index (χ4v) is 2.64. The fraction of sp³-hybridized carbons (Fsp3) is 0.350. The van der Waals surface area contributed by atoms with Gasteiger partial charge in [0.15, 0.2) is 0 Å². The van der Waals surface area contributed by atoms with Crippen LogP contribution in [0.4, 0.5) is 10.5 Å². The van der Waals surface area contributed by atoms with E-state index in [1.54, 1.807) is 12.1 Å². The van der Waals surface area contributed by atoms with Gasteiger partial charge in [-0.25, -0.2) is 4.79 Å². The van der Waals surface area contributed by atoms with Gasteiger partial charge in [0.2, 0.25) is 0 Å². The zero-order valence-corrected chi connectivity index (χ0v) is 15.1. The van der Waals surface area contributed by atoms with Crippen LogP contribution in [0.2, 0.25) is 0 Å². The van der Waals surface area contributed by atoms with Gasteiger partial charge in [0.25, 0.3) is 0 Å². The maximum Gasteiger partial charge on any atom is 0.407 e. The molecule has 2 aromatic rings. The van der Waals surface area contributed by atoms with Crippen molar-refractivity contribution in [2.45, 2.75) is 39.1 Å². The van der Waals surface area contributed by atoms with Gasteiger partial charge in [-0.2, -0.15) is 0 Å². The number of alkyl carbamates (subject to hydrolysis) is 1. The Morgan fingerprint density at radius 3 is 2.50 bits per heavy atom. The first-order valence-corrected chi connectivity index (χ1v) is 8.56. The normalized spacial score (nSPS) is 13.1. The van der Waals surface area contributed by atoms with E-state index in [1.165, 1.54) is 0 Å². The molecule has 0 spiro atoms. The number of nitrogens with two attached hydrogens (primary N) is 1. The summed E-state index contributed by atoms with van der Waals surface area (Å²) >= 11 is 0. The van der Waals surface area contributed by atoms with E-state index >= 15 is 0 Å². The highest BCUT2D eigenvalue weighted by Gasteiger charge is 2.21. The van der Waals surface area contributed by atoms with Gasteiger partial charge >= 0.3 is 6.09 Å². The van der Waals surface area contributed by atoms with Gasteiger partial charge in [0.05, 0.1) is 6.10 Å². The van der Waals surface area contributed by atoms with Gasteiger partial charge in [-0.1, -0.05) is 36.4 Å². The van der Waals surface area contributed by atoms with Gasteiger partial charge in [-0.05, 0) is 48.6 Å². The minimum Gasteiger partial charge on any atom is -0.445 e. The SMILES string of the molecule is Cc1c(N)ccc(C(O)C(O)CCNC(=O)OCc2ccccc2)c1C. The zero-order chi connectivity index (χ0) is 19.1. The van der Waals surface area contributed by atoms with E-state index in [2.05, 4.69) is 5.32 Å². The van der Waals surface area contributed by atoms with E-state index < -0.39 is 18.3 Å². The van der Waals surface area contributed by atoms with Crippen molar-refractivity contribution in [2.75, 3.05) is 12.3 Å². The molecule has 2 atom stereocenters. The van der Waals surface area contributed by atoms with Crippen LogP contribution in [0.5, 0.6) is 0 Å². The fourth-order valence-electron chi connectivity index (χ4n) is 2.64. The molecular formula is C20H26N2O4. The molecule has 2 aromatic carbocycles. The maximum absolute atomic E-state index is 11.7. The first-order chi connectivity index (χ1) is 12.4. The molecule has 0 aliphatic carbocycles. The number of carbonyl (C=O) groups is 1. The topological polar surface area (TPSA) is 105 Å². The minimum atomic E-state index is -1.04. The molecule has 140 valence electrons. The van der Waals surface area contributed by atoms with Crippen LogP contribution in [-0.2, 0) is 11.3 Å². The molecule has 1 amide bonds. The Hall–Kier alpha value is -2.57. The molecule has 6 heteroatoms. The van der Waals surface area contributed by atoms with Crippen molar-refractivity contribution in [3.63, 3.8) is 0 Å². The highest BCUT2D eigenvalue weighted by atomic mass is 16.5. The molecular weight excluding hydrogens is 332 g/mol. The summed E-state index contributed by atoms with van der Waals surface area (Å²) in [6, 6.07) is 12.8. The monoisotopic (exact) mass is 358 g/mol. The number of anilines is 1. The van der Waals surface area contributed by atoms with E-state index in [9.17, 15) is 15.0 Å². The summed E-state index contributed by atoms with van der Waals surface area (Å²) in [6.45, 7) is 4.11. The maximum atomic E-state index is 11.7. The number of rotatable bonds is 7. The minimum absolute atomic E-state index is 0.182. The van der Waals surface area contributed by atoms with Gasteiger partial charge in [-0.3, -0.25) is 0 Å². The van der Waals surface area contributed by atoms with Crippen LogP contribution in [0.3, 0.4) is 0 Å². The van der Waals surface area contributed by atoms with Crippen LogP contribution < -0.4 is 11.1 Å². The molecule has 0 saturated carbocycles. The third-order valence-corrected chi connectivity index (χ3v) is 4.48. The average Bonchev–Trinajstić information content (AvgIpc) is 2.65. The van der Waals surface area contributed by atoms with E-state index in [0.717, 1.165) is 16.7 Å². The van der Waals surface area contributed by atoms with Crippen molar-refractivity contribution in [1.29, 1.82) is 0 Å². The first kappa shape index (κ1) is 19.8. The Bertz CT molecular complexity index is 734. The number of aliphatic hydroxyl groups excluding tert-OH is 2. The van der Waals surface area contributed by atoms with Crippen molar-refractivity contribution in [1.82, 2.24) is 5.32 Å². The standard InChI is InChI=1S/C20H26N2O4/c1-13-14(2)17(21)9-8-16(13)19(24)18(23)10-11-22-20(25)26-12-15-6-4-3-5-7-15/h3-9,18-19,23-24H,10-12,21H2,1-2H3,(H,22,25). The molecule has 0 saturated heterocycles. The van der Waals surface area contributed by atoms with Crippen molar-refractivity contribution in [2.24, 2.45) is 0 Å². The molecule has 6 nitrogen and oxygen atoms in total. The van der Waals surface area contributed by atoms with Crippen LogP contribution in [0, 0.1) is 13.8 Å². The van der Waals surface area contributed by atoms with E-state index in [1.807, 2.05) is 44.2 Å². The predicted octanol–water partition coefficient (Wildman–Crippen LogP) is 2.60. The molecule has 0 heterocycles. The van der Waals surface area contributed by atoms with E-state index in [-0.39, 0.29) is 19.6 Å². The average molecular weight is 358 g/mol. The summed E-state index contributed by atoms with van der Waals surface area (Å²) in [5.41, 5.74) is 9.76. The smallest absolute Gasteiger partial charge is 0.407 e. The summed E-state index contributed by atoms with van der Waals surface area (Å²) in [4.78, 5) is 11.7. The van der Waals surface area contributed by atoms with Gasteiger partial charge in [0, 0.05) is 12.2 Å². The molecule has 0 aliphatic rings. The molecule has 0 bridgehead atoms. The number of hydrogen-bond acceptors (Lipinski definition) is 5. The first-order valence-electron chi connectivity index (χ1n) is 8.56. The molecule has 0 radical (unpaired) electrons. The van der Waals surface area contributed by atoms with Crippen LogP contribution in [-0.4, -0.2) is 29.0 Å². The molecule has 2 unspecified atom stereocenters. The quantitative estimate of drug-likeness (QED) is 0.570. The Balaban J connectivity index is 1.78. The van der Waals surface area contributed by atoms with Crippen LogP contribution >= 0.6 is 0 Å². The number of aliphatic hydroxyl groups is 2. The highest BCUT2D eigenvalue weighted by molar-refractivity contribution is 5.67. The summed E-state index contributed by atoms with van der Waals surface area (Å²) in [6.07, 6.45) is -2.41. The van der Waals surface area contributed by atoms with Gasteiger partial charge in [-0.15, -0.1) is 0 Å². The summed E-state index contributed by atoms with van der Waals surface area (Å²) in [5, 5.41) is 23.1. The van der Waals surface area contributed by atoms with Crippen LogP contribution in [0.25, 0.3) is 0 Å². The van der Waals surface area contributed by atoms with E-state index in [0.29, 0.717) is 11.3 Å². The number of ether oxygens (including phenoxy) is 1. The molecule has 0 aromatic heterocycles. The Kier molecular flexibility index (Phi) is 7.00. The molecule has 26 heavy (non-hydrogen) atoms. The number of carbonyl (C=O) groups excluding carboxylic acids is 1. The summed E-state index contributed by atoms with van der Waals surface area (Å²) in [5.74, 6) is 0. The second kappa shape index (κ2) is 9.22. The van der Waals surface area contributed by atoms with Crippen molar-refractivity contribution in [3.05, 3.63) is 64.7 Å². The second-order valence-corrected chi connectivity index (χ2v) is 6.28. The number of nitrogens with one attached hydrogen (secondary N) is 1. The van der Waals surface area contributed by atoms with Crippen molar-refractivity contribution in [3.8, 4) is 0 Å². The lowest BCUT2D eigenvalue weighted by Gasteiger charge is -2.21. The molecule has 5 N–H and O–H groups in total. The molecule has 2 rings (SSSR count). The Labute approximate surface area is 153 Å². The van der Waals surface area contributed by atoms with Crippen molar-refractivity contribution >= 4 is 11.8 Å². The van der Waals surface area contributed by atoms with Gasteiger partial charge < -0.3 is 26.0 Å². The number of amides is 1. The highest BCUT2D eigenvalue weighted by Crippen LogP contribution is 2.27. The lowest BCUT2D eigenvalue weighted by Crippen LogP contribution is -2.30. The van der Waals surface area contributed by atoms with Crippen molar-refractivity contribution < 1.29 is 19.7 Å². The van der Waals surface area contributed by atoms with E-state index in [4.69, 9.17) is 10.5 Å². The molecule has 0 aliphatic heterocycles. The number of nitrogen functional groups attached to an aromatic ring is 1. The Morgan fingerprint density at radius 2 is 1.81 bits per heavy atom. The second-order valence-electron chi connectivity index (χ2n) is 6.28. The lowest BCUT2D eigenvalue weighted by atomic mass is 9.94. The largest absolute Gasteiger partial charge is 0.445 e. The Morgan fingerprint density at radius 1 is 1.12 bits per heavy atom. The van der Waals surface area contributed by atoms with Crippen LogP contribution in [0.1, 0.15) is 34.8 Å². The summed E-state index contributed by atoms with van der Waals surface area (Å²) in [7, 11) is 0. The number of benzene rings is 2.